The van der Waals surface area contributed by atoms with E-state index in [4.69, 9.17) is 0 Å². The van der Waals surface area contributed by atoms with Gasteiger partial charge in [0.25, 0.3) is 11.5 Å². The van der Waals surface area contributed by atoms with E-state index in [1.807, 2.05) is 30.3 Å². The summed E-state index contributed by atoms with van der Waals surface area (Å²) in [6, 6.07) is 15.7. The van der Waals surface area contributed by atoms with Gasteiger partial charge in [-0.1, -0.05) is 48.5 Å². The Morgan fingerprint density at radius 2 is 1.69 bits per heavy atom. The van der Waals surface area contributed by atoms with Crippen LogP contribution in [0.1, 0.15) is 27.9 Å². The average Bonchev–Trinajstić information content (AvgIpc) is 3.21. The number of aromatic nitrogens is 5. The summed E-state index contributed by atoms with van der Waals surface area (Å²) in [6.45, 7) is 0. The number of rotatable bonds is 4. The summed E-state index contributed by atoms with van der Waals surface area (Å²) in [6.07, 6.45) is 1.38. The zero-order chi connectivity index (χ0) is 17.9. The maximum absolute atomic E-state index is 12.9. The standard InChI is InChI=1S/C18H14N6O2/c25-17-13-9-5-4-8-12(13)15(22-24-17)18(26)21-14(16-19-10-20-23-16)11-6-2-1-3-7-11/h1-10,14H,(H,21,26)(H,24,25)(H,19,20,23). The Labute approximate surface area is 147 Å². The largest absolute Gasteiger partial charge is 0.337 e. The molecule has 26 heavy (non-hydrogen) atoms. The first-order valence-electron chi connectivity index (χ1n) is 7.92. The molecule has 0 radical (unpaired) electrons. The van der Waals surface area contributed by atoms with Crippen molar-refractivity contribution in [1.29, 1.82) is 0 Å². The lowest BCUT2D eigenvalue weighted by Gasteiger charge is -2.17. The zero-order valence-electron chi connectivity index (χ0n) is 13.5. The number of amides is 1. The van der Waals surface area contributed by atoms with Crippen LogP contribution in [-0.4, -0.2) is 31.3 Å². The van der Waals surface area contributed by atoms with Gasteiger partial charge in [0.05, 0.1) is 5.39 Å². The van der Waals surface area contributed by atoms with Crippen LogP contribution in [0.5, 0.6) is 0 Å². The number of benzene rings is 2. The number of nitrogens with one attached hydrogen (secondary N) is 3. The molecule has 0 saturated carbocycles. The van der Waals surface area contributed by atoms with E-state index in [-0.39, 0.29) is 11.3 Å². The van der Waals surface area contributed by atoms with Crippen LogP contribution in [0, 0.1) is 0 Å². The van der Waals surface area contributed by atoms with Crippen molar-refractivity contribution >= 4 is 16.7 Å². The molecule has 4 rings (SSSR count). The van der Waals surface area contributed by atoms with Crippen molar-refractivity contribution in [1.82, 2.24) is 30.7 Å². The predicted octanol–water partition coefficient (Wildman–Crippen LogP) is 1.56. The van der Waals surface area contributed by atoms with Crippen molar-refractivity contribution in [2.75, 3.05) is 0 Å². The lowest BCUT2D eigenvalue weighted by atomic mass is 10.1. The molecule has 128 valence electrons. The van der Waals surface area contributed by atoms with Gasteiger partial charge in [-0.15, -0.1) is 0 Å². The third-order valence-corrected chi connectivity index (χ3v) is 4.03. The molecule has 0 aliphatic carbocycles. The first-order chi connectivity index (χ1) is 12.7. The highest BCUT2D eigenvalue weighted by Crippen LogP contribution is 2.20. The summed E-state index contributed by atoms with van der Waals surface area (Å²) in [5.41, 5.74) is 0.638. The van der Waals surface area contributed by atoms with Gasteiger partial charge in [-0.05, 0) is 11.6 Å². The van der Waals surface area contributed by atoms with Gasteiger partial charge in [0, 0.05) is 5.39 Å². The van der Waals surface area contributed by atoms with E-state index in [0.29, 0.717) is 16.6 Å². The second-order valence-electron chi connectivity index (χ2n) is 5.63. The molecule has 0 saturated heterocycles. The molecule has 2 aromatic carbocycles. The number of carbonyl (C=O) groups is 1. The van der Waals surface area contributed by atoms with E-state index in [0.717, 1.165) is 5.56 Å². The van der Waals surface area contributed by atoms with Gasteiger partial charge in [0.15, 0.2) is 11.5 Å². The third-order valence-electron chi connectivity index (χ3n) is 4.03. The molecule has 1 amide bonds. The van der Waals surface area contributed by atoms with E-state index in [9.17, 15) is 9.59 Å². The Balaban J connectivity index is 1.74. The van der Waals surface area contributed by atoms with Gasteiger partial charge in [-0.3, -0.25) is 14.7 Å². The maximum Gasteiger partial charge on any atom is 0.273 e. The Morgan fingerprint density at radius 1 is 0.962 bits per heavy atom. The predicted molar refractivity (Wildman–Crippen MR) is 94.5 cm³/mol. The van der Waals surface area contributed by atoms with Gasteiger partial charge < -0.3 is 5.32 Å². The molecule has 1 unspecified atom stereocenters. The van der Waals surface area contributed by atoms with E-state index < -0.39 is 11.9 Å². The highest BCUT2D eigenvalue weighted by Gasteiger charge is 2.22. The van der Waals surface area contributed by atoms with Gasteiger partial charge in [-0.2, -0.15) is 10.2 Å². The smallest absolute Gasteiger partial charge is 0.273 e. The zero-order valence-corrected chi connectivity index (χ0v) is 13.5. The van der Waals surface area contributed by atoms with Crippen molar-refractivity contribution in [3.63, 3.8) is 0 Å². The molecule has 1 atom stereocenters. The van der Waals surface area contributed by atoms with E-state index in [2.05, 4.69) is 30.7 Å². The topological polar surface area (TPSA) is 116 Å². The molecular weight excluding hydrogens is 332 g/mol. The van der Waals surface area contributed by atoms with Crippen LogP contribution in [0.3, 0.4) is 0 Å². The van der Waals surface area contributed by atoms with Gasteiger partial charge >= 0.3 is 0 Å². The number of nitrogens with zero attached hydrogens (tertiary/aromatic N) is 3. The number of fused-ring (bicyclic) bond motifs is 1. The Hall–Kier alpha value is -3.81. The molecular formula is C18H14N6O2. The van der Waals surface area contributed by atoms with Crippen molar-refractivity contribution in [3.05, 3.63) is 88.4 Å². The molecule has 0 fully saturated rings. The molecule has 2 heterocycles. The van der Waals surface area contributed by atoms with Gasteiger partial charge in [-0.25, -0.2) is 10.1 Å². The van der Waals surface area contributed by atoms with Gasteiger partial charge in [0.2, 0.25) is 0 Å². The van der Waals surface area contributed by atoms with E-state index >= 15 is 0 Å². The monoisotopic (exact) mass is 346 g/mol. The second-order valence-corrected chi connectivity index (χ2v) is 5.63. The minimum atomic E-state index is -0.529. The van der Waals surface area contributed by atoms with Crippen LogP contribution in [0.15, 0.2) is 65.7 Å². The maximum atomic E-state index is 12.9. The first-order valence-corrected chi connectivity index (χ1v) is 7.92. The number of hydrogen-bond acceptors (Lipinski definition) is 5. The minimum Gasteiger partial charge on any atom is -0.337 e. The lowest BCUT2D eigenvalue weighted by Crippen LogP contribution is -2.31. The van der Waals surface area contributed by atoms with Crippen molar-refractivity contribution in [2.45, 2.75) is 6.04 Å². The summed E-state index contributed by atoms with van der Waals surface area (Å²) in [7, 11) is 0. The summed E-state index contributed by atoms with van der Waals surface area (Å²) < 4.78 is 0. The van der Waals surface area contributed by atoms with Crippen LogP contribution < -0.4 is 10.9 Å². The van der Waals surface area contributed by atoms with Crippen LogP contribution in [0.2, 0.25) is 0 Å². The molecule has 0 spiro atoms. The van der Waals surface area contributed by atoms with E-state index in [1.165, 1.54) is 6.33 Å². The Kier molecular flexibility index (Phi) is 3.98. The SMILES string of the molecule is O=C(NC(c1ccccc1)c1ncn[nH]1)c1n[nH]c(=O)c2ccccc12. The molecule has 4 aromatic rings. The fraction of sp³-hybridized carbons (Fsp3) is 0.0556. The van der Waals surface area contributed by atoms with Crippen LogP contribution in [0.4, 0.5) is 0 Å². The highest BCUT2D eigenvalue weighted by molar-refractivity contribution is 6.04. The highest BCUT2D eigenvalue weighted by atomic mass is 16.2. The fourth-order valence-corrected chi connectivity index (χ4v) is 2.80. The quantitative estimate of drug-likeness (QED) is 0.518. The molecule has 8 nitrogen and oxygen atoms in total. The second kappa shape index (κ2) is 6.60. The number of hydrogen-bond donors (Lipinski definition) is 3. The number of aromatic amines is 2. The van der Waals surface area contributed by atoms with Crippen molar-refractivity contribution in [2.24, 2.45) is 0 Å². The molecule has 8 heteroatoms. The van der Waals surface area contributed by atoms with Crippen LogP contribution >= 0.6 is 0 Å². The summed E-state index contributed by atoms with van der Waals surface area (Å²) in [5, 5.41) is 16.7. The lowest BCUT2D eigenvalue weighted by molar-refractivity contribution is 0.0937. The summed E-state index contributed by atoms with van der Waals surface area (Å²) >= 11 is 0. The van der Waals surface area contributed by atoms with Crippen molar-refractivity contribution < 1.29 is 4.79 Å². The Bertz CT molecular complexity index is 1110. The van der Waals surface area contributed by atoms with Gasteiger partial charge in [0.1, 0.15) is 12.4 Å². The average molecular weight is 346 g/mol. The Morgan fingerprint density at radius 3 is 2.42 bits per heavy atom. The molecule has 0 aliphatic rings. The normalized spacial score (nSPS) is 12.0. The number of carbonyl (C=O) groups excluding carboxylic acids is 1. The molecule has 0 aliphatic heterocycles. The van der Waals surface area contributed by atoms with Crippen LogP contribution in [-0.2, 0) is 0 Å². The third kappa shape index (κ3) is 2.84. The fourth-order valence-electron chi connectivity index (χ4n) is 2.80. The van der Waals surface area contributed by atoms with Crippen LogP contribution in [0.25, 0.3) is 10.8 Å². The minimum absolute atomic E-state index is 0.139. The van der Waals surface area contributed by atoms with Crippen molar-refractivity contribution in [3.8, 4) is 0 Å². The number of H-pyrrole nitrogens is 2. The molecule has 3 N–H and O–H groups in total. The summed E-state index contributed by atoms with van der Waals surface area (Å²) in [5.74, 6) is 0.0704. The molecule has 2 aromatic heterocycles. The molecule has 0 bridgehead atoms. The summed E-state index contributed by atoms with van der Waals surface area (Å²) in [4.78, 5) is 29.0. The van der Waals surface area contributed by atoms with E-state index in [1.54, 1.807) is 24.3 Å². The first kappa shape index (κ1) is 15.7.